The Bertz CT molecular complexity index is 687. The van der Waals surface area contributed by atoms with Crippen molar-refractivity contribution >= 4 is 15.9 Å². The third kappa shape index (κ3) is 2.79. The molecule has 0 amide bonds. The fourth-order valence-electron chi connectivity index (χ4n) is 2.45. The van der Waals surface area contributed by atoms with E-state index < -0.39 is 10.2 Å². The Kier molecular flexibility index (Phi) is 3.69. The van der Waals surface area contributed by atoms with Crippen molar-refractivity contribution in [3.8, 4) is 0 Å². The molecule has 0 saturated carbocycles. The predicted octanol–water partition coefficient (Wildman–Crippen LogP) is 1.11. The summed E-state index contributed by atoms with van der Waals surface area (Å²) in [7, 11) is -3.47. The number of hydrogen-bond acceptors (Lipinski definition) is 4. The molecule has 0 unspecified atom stereocenters. The monoisotopic (exact) mass is 306 g/mol. The lowest BCUT2D eigenvalue weighted by Crippen LogP contribution is -2.50. The smallest absolute Gasteiger partial charge is 0.308 e. The highest BCUT2D eigenvalue weighted by Crippen LogP contribution is 2.18. The van der Waals surface area contributed by atoms with Gasteiger partial charge in [0.25, 0.3) is 0 Å². The van der Waals surface area contributed by atoms with E-state index in [0.29, 0.717) is 26.2 Å². The van der Waals surface area contributed by atoms with Gasteiger partial charge in [0.1, 0.15) is 6.33 Å². The maximum absolute atomic E-state index is 12.4. The van der Waals surface area contributed by atoms with E-state index in [0.717, 1.165) is 9.66 Å². The van der Waals surface area contributed by atoms with Gasteiger partial charge >= 0.3 is 10.2 Å². The first kappa shape index (κ1) is 14.1. The van der Waals surface area contributed by atoms with E-state index in [2.05, 4.69) is 41.1 Å². The largest absolute Gasteiger partial charge is 0.369 e. The summed E-state index contributed by atoms with van der Waals surface area (Å²) in [5.74, 6) is 0. The van der Waals surface area contributed by atoms with Crippen molar-refractivity contribution in [2.75, 3.05) is 31.1 Å². The molecule has 1 aliphatic rings. The molecule has 0 bridgehead atoms. The number of aromatic nitrogens is 2. The number of rotatable bonds is 3. The van der Waals surface area contributed by atoms with Crippen LogP contribution in [0.5, 0.6) is 0 Å². The Balaban J connectivity index is 1.69. The quantitative estimate of drug-likeness (QED) is 0.852. The normalized spacial score (nSPS) is 17.1. The van der Waals surface area contributed by atoms with Gasteiger partial charge in [-0.05, 0) is 19.1 Å². The molecule has 0 spiro atoms. The second-order valence-electron chi connectivity index (χ2n) is 5.12. The lowest BCUT2D eigenvalue weighted by Gasteiger charge is -2.35. The summed E-state index contributed by atoms with van der Waals surface area (Å²) in [6, 6.07) is 8.30. The van der Waals surface area contributed by atoms with Gasteiger partial charge in [-0.25, -0.2) is 8.96 Å². The van der Waals surface area contributed by atoms with Crippen molar-refractivity contribution in [1.82, 2.24) is 13.3 Å². The van der Waals surface area contributed by atoms with Crippen molar-refractivity contribution in [1.29, 1.82) is 0 Å². The maximum atomic E-state index is 12.4. The number of imidazole rings is 1. The van der Waals surface area contributed by atoms with Crippen molar-refractivity contribution in [3.05, 3.63) is 48.5 Å². The third-order valence-electron chi connectivity index (χ3n) is 3.71. The molecule has 2 heterocycles. The first-order chi connectivity index (χ1) is 10.1. The summed E-state index contributed by atoms with van der Waals surface area (Å²) in [4.78, 5) is 6.01. The highest BCUT2D eigenvalue weighted by atomic mass is 32.2. The molecule has 7 heteroatoms. The molecule has 0 atom stereocenters. The molecule has 0 radical (unpaired) electrons. The number of anilines is 1. The summed E-state index contributed by atoms with van der Waals surface area (Å²) in [5, 5.41) is 0. The van der Waals surface area contributed by atoms with Crippen LogP contribution in [-0.4, -0.2) is 47.9 Å². The molecule has 0 aliphatic carbocycles. The second kappa shape index (κ2) is 5.50. The molecule has 2 aromatic rings. The first-order valence-corrected chi connectivity index (χ1v) is 8.27. The molecule has 1 fully saturated rings. The van der Waals surface area contributed by atoms with Gasteiger partial charge in [-0.1, -0.05) is 17.7 Å². The van der Waals surface area contributed by atoms with E-state index >= 15 is 0 Å². The summed E-state index contributed by atoms with van der Waals surface area (Å²) in [6.07, 6.45) is 4.25. The summed E-state index contributed by atoms with van der Waals surface area (Å²) in [5.41, 5.74) is 2.36. The molecule has 3 rings (SSSR count). The van der Waals surface area contributed by atoms with Crippen LogP contribution in [0.25, 0.3) is 0 Å². The molecule has 1 aliphatic heterocycles. The Hall–Kier alpha value is -1.86. The zero-order valence-electron chi connectivity index (χ0n) is 11.9. The van der Waals surface area contributed by atoms with Crippen molar-refractivity contribution in [3.63, 3.8) is 0 Å². The van der Waals surface area contributed by atoms with Gasteiger partial charge in [-0.2, -0.15) is 12.7 Å². The van der Waals surface area contributed by atoms with Crippen LogP contribution in [0.2, 0.25) is 0 Å². The van der Waals surface area contributed by atoms with E-state index in [4.69, 9.17) is 0 Å². The minimum Gasteiger partial charge on any atom is -0.369 e. The first-order valence-electron chi connectivity index (χ1n) is 6.87. The van der Waals surface area contributed by atoms with Crippen LogP contribution in [0.4, 0.5) is 5.69 Å². The Morgan fingerprint density at radius 3 is 2.29 bits per heavy atom. The fourth-order valence-corrected chi connectivity index (χ4v) is 3.72. The fraction of sp³-hybridized carbons (Fsp3) is 0.357. The lowest BCUT2D eigenvalue weighted by atomic mass is 10.2. The van der Waals surface area contributed by atoms with Crippen LogP contribution in [0.3, 0.4) is 0 Å². The molecule has 1 aromatic carbocycles. The van der Waals surface area contributed by atoms with E-state index in [1.165, 1.54) is 28.6 Å². The van der Waals surface area contributed by atoms with Crippen molar-refractivity contribution in [2.45, 2.75) is 6.92 Å². The van der Waals surface area contributed by atoms with Gasteiger partial charge in [0.2, 0.25) is 0 Å². The average molecular weight is 306 g/mol. The Labute approximate surface area is 124 Å². The van der Waals surface area contributed by atoms with Crippen LogP contribution in [0.1, 0.15) is 5.56 Å². The third-order valence-corrected chi connectivity index (χ3v) is 5.48. The molecular formula is C14H18N4O2S. The van der Waals surface area contributed by atoms with Gasteiger partial charge in [0.05, 0.1) is 0 Å². The Morgan fingerprint density at radius 1 is 1.05 bits per heavy atom. The Morgan fingerprint density at radius 2 is 1.71 bits per heavy atom. The molecule has 0 N–H and O–H groups in total. The number of piperazine rings is 1. The predicted molar refractivity (Wildman–Crippen MR) is 81.5 cm³/mol. The topological polar surface area (TPSA) is 58.4 Å². The number of hydrogen-bond donors (Lipinski definition) is 0. The van der Waals surface area contributed by atoms with Gasteiger partial charge in [-0.3, -0.25) is 0 Å². The van der Waals surface area contributed by atoms with E-state index in [-0.39, 0.29) is 0 Å². The molecule has 6 nitrogen and oxygen atoms in total. The summed E-state index contributed by atoms with van der Waals surface area (Å²) in [6.45, 7) is 4.40. The van der Waals surface area contributed by atoms with Gasteiger partial charge in [0, 0.05) is 44.3 Å². The van der Waals surface area contributed by atoms with Crippen LogP contribution < -0.4 is 4.90 Å². The molecule has 1 saturated heterocycles. The molecule has 21 heavy (non-hydrogen) atoms. The van der Waals surface area contributed by atoms with Crippen LogP contribution in [0.15, 0.2) is 43.0 Å². The highest BCUT2D eigenvalue weighted by Gasteiger charge is 2.28. The minimum absolute atomic E-state index is 0.481. The summed E-state index contributed by atoms with van der Waals surface area (Å²) >= 11 is 0. The van der Waals surface area contributed by atoms with Gasteiger partial charge in [-0.15, -0.1) is 0 Å². The van der Waals surface area contributed by atoms with Gasteiger partial charge in [0.15, 0.2) is 0 Å². The lowest BCUT2D eigenvalue weighted by molar-refractivity contribution is 0.380. The van der Waals surface area contributed by atoms with E-state index in [1.54, 1.807) is 0 Å². The second-order valence-corrected chi connectivity index (χ2v) is 6.96. The van der Waals surface area contributed by atoms with Crippen molar-refractivity contribution < 1.29 is 8.42 Å². The molecule has 112 valence electrons. The zero-order chi connectivity index (χ0) is 14.9. The summed E-state index contributed by atoms with van der Waals surface area (Å²) < 4.78 is 27.4. The van der Waals surface area contributed by atoms with Crippen molar-refractivity contribution in [2.24, 2.45) is 0 Å². The van der Waals surface area contributed by atoms with Crippen LogP contribution in [0, 0.1) is 6.92 Å². The standard InChI is InChI=1S/C14H18N4O2S/c1-13-2-4-14(5-3-13)16-8-10-17(11-9-16)21(19,20)18-7-6-15-12-18/h2-7,12H,8-11H2,1H3. The van der Waals surface area contributed by atoms with Crippen LogP contribution in [-0.2, 0) is 10.2 Å². The molecular weight excluding hydrogens is 288 g/mol. The number of aryl methyl sites for hydroxylation is 1. The number of benzene rings is 1. The average Bonchev–Trinajstić information content (AvgIpc) is 3.03. The van der Waals surface area contributed by atoms with Crippen LogP contribution >= 0.6 is 0 Å². The van der Waals surface area contributed by atoms with E-state index in [1.807, 2.05) is 0 Å². The van der Waals surface area contributed by atoms with E-state index in [9.17, 15) is 8.42 Å². The highest BCUT2D eigenvalue weighted by molar-refractivity contribution is 7.87. The minimum atomic E-state index is -3.47. The molecule has 1 aromatic heterocycles. The maximum Gasteiger partial charge on any atom is 0.308 e. The SMILES string of the molecule is Cc1ccc(N2CCN(S(=O)(=O)n3ccnc3)CC2)cc1. The number of nitrogens with zero attached hydrogens (tertiary/aromatic N) is 4. The van der Waals surface area contributed by atoms with Gasteiger partial charge < -0.3 is 4.90 Å². The zero-order valence-corrected chi connectivity index (χ0v) is 12.7.